The van der Waals surface area contributed by atoms with Crippen LogP contribution < -0.4 is 53.2 Å². The second kappa shape index (κ2) is 45.8. The summed E-state index contributed by atoms with van der Waals surface area (Å²) >= 11 is 0. The quantitative estimate of drug-likeness (QED) is 0.0231. The molecule has 38 nitrogen and oxygen atoms in total. The first kappa shape index (κ1) is 83.8. The summed E-state index contributed by atoms with van der Waals surface area (Å²) in [5, 5.41) is 27.2. The van der Waals surface area contributed by atoms with Crippen LogP contribution in [0.25, 0.3) is 0 Å². The number of nitrogens with zero attached hydrogens (tertiary/aromatic N) is 10. The largest absolute Gasteiger partial charge is 0.379 e. The summed E-state index contributed by atoms with van der Waals surface area (Å²) in [4.78, 5) is 142. The number of imidazole rings is 3. The molecule has 0 radical (unpaired) electrons. The van der Waals surface area contributed by atoms with E-state index in [1.54, 1.807) is 76.1 Å². The van der Waals surface area contributed by atoms with E-state index in [9.17, 15) is 47.9 Å². The summed E-state index contributed by atoms with van der Waals surface area (Å²) in [5.74, 6) is -3.91. The number of aromatic nitrogens is 9. The van der Waals surface area contributed by atoms with Crippen molar-refractivity contribution in [3.63, 3.8) is 0 Å². The Morgan fingerprint density at radius 1 is 0.362 bits per heavy atom. The normalized spacial score (nSPS) is 11.2. The van der Waals surface area contributed by atoms with Crippen molar-refractivity contribution in [3.8, 4) is 0 Å². The fourth-order valence-corrected chi connectivity index (χ4v) is 9.89. The SMILES string of the molecule is CC(=O)NCCOCCOCCOCCOCCOCCOCCOCCOCCC(=O)NCCCN(C)CCCNC(=O)c1cc(NC(=O)c2nc(NC(=O)CCNC(=O)c3cc(NC(=O)c4nc(NC(=O)CCNC(=O)c5cc(NC(=O)c6nccn6C)cn5C)cn4C)cn3C)cn2C)cn1C. The fourth-order valence-electron chi connectivity index (χ4n) is 9.89. The van der Waals surface area contributed by atoms with Gasteiger partial charge in [0.2, 0.25) is 35.3 Å². The molecule has 0 unspecified atom stereocenters. The molecular formula is C67H100N20O18. The fraction of sp³-hybridized carbons (Fsp3) is 0.537. The molecule has 0 aliphatic carbocycles. The maximum Gasteiger partial charge on any atom is 0.291 e. The molecule has 10 amide bonds. The van der Waals surface area contributed by atoms with E-state index in [4.69, 9.17) is 37.9 Å². The second-order valence-corrected chi connectivity index (χ2v) is 23.9. The molecule has 0 spiro atoms. The summed E-state index contributed by atoms with van der Waals surface area (Å²) in [6.45, 7) is 11.0. The van der Waals surface area contributed by atoms with E-state index >= 15 is 0 Å². The lowest BCUT2D eigenvalue weighted by molar-refractivity contribution is -0.122. The summed E-state index contributed by atoms with van der Waals surface area (Å²) in [7, 11) is 11.7. The highest BCUT2D eigenvalue weighted by molar-refractivity contribution is 6.06. The molecule has 10 N–H and O–H groups in total. The van der Waals surface area contributed by atoms with Crippen molar-refractivity contribution >= 4 is 87.8 Å². The minimum atomic E-state index is -0.641. The van der Waals surface area contributed by atoms with Crippen molar-refractivity contribution in [1.29, 1.82) is 0 Å². The monoisotopic (exact) mass is 1470 g/mol. The number of carbonyl (C=O) groups excluding carboxylic acids is 10. The predicted octanol–water partition coefficient (Wildman–Crippen LogP) is 0.394. The molecular weight excluding hydrogens is 1370 g/mol. The number of hydrogen-bond acceptors (Lipinski definition) is 22. The van der Waals surface area contributed by atoms with Gasteiger partial charge in [-0.05, 0) is 51.2 Å². The van der Waals surface area contributed by atoms with Crippen LogP contribution in [0.5, 0.6) is 0 Å². The van der Waals surface area contributed by atoms with Crippen molar-refractivity contribution in [2.45, 2.75) is 39.0 Å². The molecule has 0 saturated heterocycles. The van der Waals surface area contributed by atoms with E-state index < -0.39 is 41.4 Å². The number of hydrogen-bond donors (Lipinski definition) is 10. The summed E-state index contributed by atoms with van der Waals surface area (Å²) in [6.07, 6.45) is 12.1. The van der Waals surface area contributed by atoms with Crippen molar-refractivity contribution in [1.82, 2.24) is 73.8 Å². The molecule has 0 aliphatic rings. The van der Waals surface area contributed by atoms with E-state index in [-0.39, 0.29) is 103 Å². The molecule has 6 rings (SSSR count). The Balaban J connectivity index is 0.741. The van der Waals surface area contributed by atoms with Gasteiger partial charge in [0, 0.05) is 145 Å². The van der Waals surface area contributed by atoms with Crippen molar-refractivity contribution in [3.05, 3.63) is 96.1 Å². The first-order valence-electron chi connectivity index (χ1n) is 34.3. The van der Waals surface area contributed by atoms with Gasteiger partial charge in [-0.3, -0.25) is 47.9 Å². The molecule has 0 fully saturated rings. The minimum absolute atomic E-state index is 0.0270. The Bertz CT molecular complexity index is 3780. The third-order valence-corrected chi connectivity index (χ3v) is 15.2. The molecule has 0 aliphatic heterocycles. The molecule has 576 valence electrons. The number of amides is 10. The molecule has 105 heavy (non-hydrogen) atoms. The van der Waals surface area contributed by atoms with Crippen LogP contribution in [-0.4, -0.2) is 265 Å². The van der Waals surface area contributed by atoms with Crippen LogP contribution in [0.4, 0.5) is 28.7 Å². The highest BCUT2D eigenvalue weighted by atomic mass is 16.6. The van der Waals surface area contributed by atoms with Crippen LogP contribution in [0.1, 0.15) is 102 Å². The van der Waals surface area contributed by atoms with Gasteiger partial charge in [-0.1, -0.05) is 0 Å². The lowest BCUT2D eigenvalue weighted by atomic mass is 10.3. The van der Waals surface area contributed by atoms with Gasteiger partial charge >= 0.3 is 0 Å². The van der Waals surface area contributed by atoms with Crippen LogP contribution in [0.2, 0.25) is 0 Å². The van der Waals surface area contributed by atoms with Crippen LogP contribution in [0, 0.1) is 0 Å². The van der Waals surface area contributed by atoms with Gasteiger partial charge in [0.05, 0.1) is 123 Å². The van der Waals surface area contributed by atoms with Gasteiger partial charge in [-0.2, -0.15) is 0 Å². The lowest BCUT2D eigenvalue weighted by Crippen LogP contribution is -2.31. The average molecular weight is 1470 g/mol. The van der Waals surface area contributed by atoms with Crippen molar-refractivity contribution < 1.29 is 85.8 Å². The minimum Gasteiger partial charge on any atom is -0.379 e. The summed E-state index contributed by atoms with van der Waals surface area (Å²) in [6, 6.07) is 4.47. The van der Waals surface area contributed by atoms with Crippen LogP contribution in [-0.2, 0) is 99.4 Å². The number of aryl methyl sites for hydroxylation is 6. The Morgan fingerprint density at radius 3 is 1.09 bits per heavy atom. The lowest BCUT2D eigenvalue weighted by Gasteiger charge is -2.17. The van der Waals surface area contributed by atoms with E-state index in [1.807, 2.05) is 7.05 Å². The summed E-state index contributed by atoms with van der Waals surface area (Å²) < 4.78 is 52.8. The van der Waals surface area contributed by atoms with Gasteiger partial charge in [-0.25, -0.2) is 15.0 Å². The van der Waals surface area contributed by atoms with Crippen molar-refractivity contribution in [2.24, 2.45) is 42.3 Å². The van der Waals surface area contributed by atoms with Gasteiger partial charge in [0.15, 0.2) is 17.5 Å². The van der Waals surface area contributed by atoms with E-state index in [0.717, 1.165) is 13.0 Å². The maximum atomic E-state index is 13.4. The molecule has 6 aromatic heterocycles. The first-order chi connectivity index (χ1) is 50.5. The number of anilines is 5. The van der Waals surface area contributed by atoms with Crippen molar-refractivity contribution in [2.75, 3.05) is 185 Å². The molecule has 6 aromatic rings. The Hall–Kier alpha value is -10.2. The van der Waals surface area contributed by atoms with Crippen LogP contribution in [0.15, 0.2) is 61.6 Å². The van der Waals surface area contributed by atoms with Gasteiger partial charge in [0.1, 0.15) is 17.1 Å². The molecule has 38 heteroatoms. The third-order valence-electron chi connectivity index (χ3n) is 15.2. The van der Waals surface area contributed by atoms with E-state index in [0.29, 0.717) is 149 Å². The van der Waals surface area contributed by atoms with E-state index in [1.165, 1.54) is 62.1 Å². The zero-order valence-corrected chi connectivity index (χ0v) is 60.9. The van der Waals surface area contributed by atoms with Crippen LogP contribution in [0.3, 0.4) is 0 Å². The zero-order valence-electron chi connectivity index (χ0n) is 60.9. The Labute approximate surface area is 607 Å². The molecule has 0 atom stereocenters. The average Bonchev–Trinajstić information content (AvgIpc) is 1.70. The van der Waals surface area contributed by atoms with Gasteiger partial charge in [0.25, 0.3) is 35.4 Å². The number of rotatable bonds is 52. The smallest absolute Gasteiger partial charge is 0.291 e. The standard InChI is InChI=1S/C67H100N20O18/c1-47(88)68-19-24-99-26-28-101-30-32-103-34-36-105-38-37-104-35-33-102-31-29-100-27-25-98-23-13-56(89)69-14-9-20-81(2)21-10-15-71-62(92)51-40-49(43-83(51)4)75-66(96)60-79-54(45-86(60)7)77-58(91)12-17-73-64(94)53-41-50(44-85(53)6)76-67(97)61-80-55(46-87(61)8)78-57(90)11-16-72-63(93)52-39-48(42-84(52)5)74-65(95)59-70-18-22-82(59)3/h18,22,39-46H,9-17,19-21,23-38H2,1-8H3,(H,68,88)(H,69,89)(H,71,92)(H,72,93)(H,73,94)(H,74,95)(H,75,96)(H,76,97)(H,77,91)(H,78,90). The first-order valence-corrected chi connectivity index (χ1v) is 34.3. The zero-order chi connectivity index (χ0) is 75.9. The van der Waals surface area contributed by atoms with E-state index in [2.05, 4.69) is 73.0 Å². The van der Waals surface area contributed by atoms with Gasteiger partial charge < -0.3 is 123 Å². The maximum absolute atomic E-state index is 13.4. The number of carbonyl (C=O) groups is 10. The molecule has 0 saturated carbocycles. The molecule has 0 aromatic carbocycles. The second-order valence-electron chi connectivity index (χ2n) is 23.9. The van der Waals surface area contributed by atoms with Crippen LogP contribution >= 0.6 is 0 Å². The number of ether oxygens (including phenoxy) is 8. The Morgan fingerprint density at radius 2 is 0.714 bits per heavy atom. The Kier molecular flexibility index (Phi) is 36.5. The summed E-state index contributed by atoms with van der Waals surface area (Å²) in [5.41, 5.74) is 1.71. The third kappa shape index (κ3) is 31.0. The highest BCUT2D eigenvalue weighted by Gasteiger charge is 2.23. The number of nitrogens with one attached hydrogen (secondary N) is 10. The van der Waals surface area contributed by atoms with Gasteiger partial charge in [-0.15, -0.1) is 0 Å². The predicted molar refractivity (Wildman–Crippen MR) is 383 cm³/mol. The topological polar surface area (TPSA) is 436 Å². The molecule has 0 bridgehead atoms. The molecule has 6 heterocycles. The highest BCUT2D eigenvalue weighted by Crippen LogP contribution is 2.19.